The highest BCUT2D eigenvalue weighted by molar-refractivity contribution is 5.94. The number of ether oxygens (including phenoxy) is 1. The normalized spacial score (nSPS) is 15.1. The largest absolute Gasteiger partial charge is 0.379 e. The van der Waals surface area contributed by atoms with E-state index in [1.165, 1.54) is 12.8 Å². The zero-order valence-electron chi connectivity index (χ0n) is 20.0. The Morgan fingerprint density at radius 2 is 1.69 bits per heavy atom. The first kappa shape index (κ1) is 25.9. The zero-order chi connectivity index (χ0) is 23.2. The van der Waals surface area contributed by atoms with Crippen LogP contribution in [0.2, 0.25) is 0 Å². The quantitative estimate of drug-likeness (QED) is 0.362. The van der Waals surface area contributed by atoms with Crippen molar-refractivity contribution in [1.29, 1.82) is 0 Å². The number of hydrogen-bond acceptors (Lipinski definition) is 4. The van der Waals surface area contributed by atoms with Crippen molar-refractivity contribution < 1.29 is 14.3 Å². The molecule has 1 aliphatic heterocycles. The number of hydrogen-bond donors (Lipinski definition) is 4. The van der Waals surface area contributed by atoms with Gasteiger partial charge in [0, 0.05) is 37.6 Å². The molecule has 0 aromatic heterocycles. The second-order valence-electron chi connectivity index (χ2n) is 8.42. The number of unbranched alkanes of at least 4 members (excludes halogenated alkanes) is 1. The van der Waals surface area contributed by atoms with E-state index in [9.17, 15) is 9.59 Å². The monoisotopic (exact) mass is 447 g/mol. The molecule has 4 amide bonds. The summed E-state index contributed by atoms with van der Waals surface area (Å²) in [6.07, 6.45) is 5.44. The van der Waals surface area contributed by atoms with Gasteiger partial charge in [0.25, 0.3) is 0 Å². The molecule has 0 aliphatic carbocycles. The Hall–Kier alpha value is -2.32. The van der Waals surface area contributed by atoms with Gasteiger partial charge in [-0.25, -0.2) is 9.59 Å². The van der Waals surface area contributed by atoms with Crippen LogP contribution in [0.5, 0.6) is 0 Å². The van der Waals surface area contributed by atoms with Gasteiger partial charge in [-0.3, -0.25) is 4.90 Å². The maximum Gasteiger partial charge on any atom is 0.319 e. The van der Waals surface area contributed by atoms with Gasteiger partial charge in [0.1, 0.15) is 0 Å². The molecule has 4 N–H and O–H groups in total. The van der Waals surface area contributed by atoms with Crippen molar-refractivity contribution in [2.75, 3.05) is 56.6 Å². The van der Waals surface area contributed by atoms with Gasteiger partial charge in [-0.2, -0.15) is 0 Å². The lowest BCUT2D eigenvalue weighted by molar-refractivity contribution is 0.0375. The minimum atomic E-state index is -0.238. The highest BCUT2D eigenvalue weighted by atomic mass is 16.5. The van der Waals surface area contributed by atoms with Gasteiger partial charge in [-0.05, 0) is 49.9 Å². The number of urea groups is 2. The third kappa shape index (κ3) is 9.44. The molecular weight excluding hydrogens is 406 g/mol. The fraction of sp³-hybridized carbons (Fsp3) is 0.667. The summed E-state index contributed by atoms with van der Waals surface area (Å²) in [5, 5.41) is 11.7. The first-order chi connectivity index (χ1) is 15.5. The van der Waals surface area contributed by atoms with Crippen LogP contribution in [0.1, 0.15) is 51.5 Å². The zero-order valence-corrected chi connectivity index (χ0v) is 20.0. The molecule has 180 valence electrons. The molecule has 0 bridgehead atoms. The van der Waals surface area contributed by atoms with Crippen LogP contribution >= 0.6 is 0 Å². The van der Waals surface area contributed by atoms with Crippen molar-refractivity contribution >= 4 is 23.4 Å². The summed E-state index contributed by atoms with van der Waals surface area (Å²) in [4.78, 5) is 27.0. The molecule has 1 aromatic rings. The maximum absolute atomic E-state index is 12.4. The van der Waals surface area contributed by atoms with Gasteiger partial charge >= 0.3 is 12.1 Å². The number of carbonyl (C=O) groups excluding carboxylic acids is 2. The number of nitrogens with zero attached hydrogens (tertiary/aromatic N) is 1. The molecule has 8 nitrogen and oxygen atoms in total. The lowest BCUT2D eigenvalue weighted by Crippen LogP contribution is -2.38. The van der Waals surface area contributed by atoms with E-state index < -0.39 is 0 Å². The van der Waals surface area contributed by atoms with Gasteiger partial charge in [0.05, 0.1) is 13.2 Å². The molecule has 32 heavy (non-hydrogen) atoms. The average molecular weight is 448 g/mol. The van der Waals surface area contributed by atoms with E-state index in [4.69, 9.17) is 4.74 Å². The summed E-state index contributed by atoms with van der Waals surface area (Å²) in [5.74, 6) is 0.502. The minimum absolute atomic E-state index is 0.215. The first-order valence-corrected chi connectivity index (χ1v) is 12.0. The molecule has 0 spiro atoms. The molecule has 1 unspecified atom stereocenters. The number of carbonyl (C=O) groups is 2. The van der Waals surface area contributed by atoms with Gasteiger partial charge in [0.15, 0.2) is 0 Å². The molecule has 8 heteroatoms. The van der Waals surface area contributed by atoms with Crippen LogP contribution in [-0.4, -0.2) is 62.9 Å². The number of nitrogens with one attached hydrogen (secondary N) is 4. The molecular formula is C24H41N5O3. The van der Waals surface area contributed by atoms with Crippen LogP contribution in [-0.2, 0) is 4.74 Å². The lowest BCUT2D eigenvalue weighted by atomic mass is 9.99. The second-order valence-corrected chi connectivity index (χ2v) is 8.42. The summed E-state index contributed by atoms with van der Waals surface area (Å²) in [6.45, 7) is 11.9. The molecule has 1 saturated heterocycles. The molecule has 2 rings (SSSR count). The van der Waals surface area contributed by atoms with E-state index >= 15 is 0 Å². The highest BCUT2D eigenvalue weighted by Crippen LogP contribution is 2.23. The molecule has 1 atom stereocenters. The standard InChI is InChI=1S/C24H41N5O3/c1-4-6-9-20(5-2)18-26-24(31)28-22-11-7-10-21(19(22)3)27-23(30)25-12-8-13-29-14-16-32-17-15-29/h7,10-11,20H,4-6,8-9,12-18H2,1-3H3,(H2,25,27,30)(H2,26,28,31). The first-order valence-electron chi connectivity index (χ1n) is 12.0. The van der Waals surface area contributed by atoms with Crippen molar-refractivity contribution in [3.05, 3.63) is 23.8 Å². The van der Waals surface area contributed by atoms with Gasteiger partial charge in [0.2, 0.25) is 0 Å². The van der Waals surface area contributed by atoms with Crippen LogP contribution in [0.4, 0.5) is 21.0 Å². The number of benzene rings is 1. The number of rotatable bonds is 12. The van der Waals surface area contributed by atoms with E-state index in [1.807, 2.05) is 25.1 Å². The van der Waals surface area contributed by atoms with Crippen molar-refractivity contribution in [2.24, 2.45) is 5.92 Å². The van der Waals surface area contributed by atoms with Crippen molar-refractivity contribution in [2.45, 2.75) is 52.9 Å². The Balaban J connectivity index is 1.75. The summed E-state index contributed by atoms with van der Waals surface area (Å²) in [7, 11) is 0. The maximum atomic E-state index is 12.4. The fourth-order valence-electron chi connectivity index (χ4n) is 3.75. The summed E-state index contributed by atoms with van der Waals surface area (Å²) in [6, 6.07) is 5.05. The second kappa shape index (κ2) is 14.7. The Bertz CT molecular complexity index is 707. The Morgan fingerprint density at radius 3 is 2.31 bits per heavy atom. The van der Waals surface area contributed by atoms with Crippen LogP contribution in [0.25, 0.3) is 0 Å². The predicted octanol–water partition coefficient (Wildman–Crippen LogP) is 4.18. The van der Waals surface area contributed by atoms with Gasteiger partial charge in [-0.15, -0.1) is 0 Å². The summed E-state index contributed by atoms with van der Waals surface area (Å²) in [5.41, 5.74) is 2.20. The van der Waals surface area contributed by atoms with E-state index in [2.05, 4.69) is 40.0 Å². The number of anilines is 2. The predicted molar refractivity (Wildman–Crippen MR) is 130 cm³/mol. The molecule has 1 aliphatic rings. The fourth-order valence-corrected chi connectivity index (χ4v) is 3.75. The van der Waals surface area contributed by atoms with E-state index in [-0.39, 0.29) is 12.1 Å². The Kier molecular flexibility index (Phi) is 11.9. The summed E-state index contributed by atoms with van der Waals surface area (Å²) < 4.78 is 5.35. The molecule has 1 heterocycles. The molecule has 1 aromatic carbocycles. The average Bonchev–Trinajstić information content (AvgIpc) is 2.80. The number of morpholine rings is 1. The molecule has 0 radical (unpaired) electrons. The molecule has 1 fully saturated rings. The van der Waals surface area contributed by atoms with E-state index in [0.717, 1.165) is 57.7 Å². The van der Waals surface area contributed by atoms with Crippen LogP contribution in [0.15, 0.2) is 18.2 Å². The van der Waals surface area contributed by atoms with Crippen molar-refractivity contribution in [3.8, 4) is 0 Å². The Labute approximate surface area is 192 Å². The minimum Gasteiger partial charge on any atom is -0.379 e. The topological polar surface area (TPSA) is 94.7 Å². The van der Waals surface area contributed by atoms with Crippen LogP contribution in [0, 0.1) is 12.8 Å². The highest BCUT2D eigenvalue weighted by Gasteiger charge is 2.12. The lowest BCUT2D eigenvalue weighted by Gasteiger charge is -2.26. The SMILES string of the molecule is CCCCC(CC)CNC(=O)Nc1cccc(NC(=O)NCCCN2CCOCC2)c1C. The van der Waals surface area contributed by atoms with E-state index in [1.54, 1.807) is 0 Å². The molecule has 0 saturated carbocycles. The van der Waals surface area contributed by atoms with Crippen LogP contribution < -0.4 is 21.3 Å². The van der Waals surface area contributed by atoms with Gasteiger partial charge in [-0.1, -0.05) is 39.2 Å². The van der Waals surface area contributed by atoms with E-state index in [0.29, 0.717) is 30.4 Å². The smallest absolute Gasteiger partial charge is 0.319 e. The summed E-state index contributed by atoms with van der Waals surface area (Å²) >= 11 is 0. The number of amides is 4. The third-order valence-corrected chi connectivity index (χ3v) is 5.97. The van der Waals surface area contributed by atoms with Crippen molar-refractivity contribution in [1.82, 2.24) is 15.5 Å². The van der Waals surface area contributed by atoms with Crippen molar-refractivity contribution in [3.63, 3.8) is 0 Å². The third-order valence-electron chi connectivity index (χ3n) is 5.97. The Morgan fingerprint density at radius 1 is 1.03 bits per heavy atom. The van der Waals surface area contributed by atoms with Gasteiger partial charge < -0.3 is 26.0 Å². The van der Waals surface area contributed by atoms with Crippen LogP contribution in [0.3, 0.4) is 0 Å².